The molecule has 0 aliphatic heterocycles. The van der Waals surface area contributed by atoms with Crippen molar-refractivity contribution in [1.29, 1.82) is 0 Å². The maximum Gasteiger partial charge on any atom is 0.184 e. The van der Waals surface area contributed by atoms with Gasteiger partial charge < -0.3 is 0 Å². The summed E-state index contributed by atoms with van der Waals surface area (Å²) in [4.78, 5) is 15.4. The van der Waals surface area contributed by atoms with Gasteiger partial charge in [-0.05, 0) is 18.6 Å². The highest BCUT2D eigenvalue weighted by molar-refractivity contribution is 5.93. The maximum atomic E-state index is 11.3. The SMILES string of the molecule is CCCCCC(=O)c1cn[nH]n1.c1ccc2ncccc2c1. The van der Waals surface area contributed by atoms with Crippen LogP contribution in [0, 0.1) is 0 Å². The van der Waals surface area contributed by atoms with Crippen LogP contribution in [0.15, 0.2) is 48.8 Å². The molecule has 5 nitrogen and oxygen atoms in total. The fourth-order valence-corrected chi connectivity index (χ4v) is 2.02. The molecule has 0 aliphatic rings. The standard InChI is InChI=1S/C9H7N.C8H13N3O/c1-2-6-9-8(4-1)5-3-7-10-9;1-2-3-4-5-8(12)7-6-9-11-10-7/h1-7H;6H,2-5H2,1H3,(H,9,10,11). The molecule has 0 radical (unpaired) electrons. The minimum Gasteiger partial charge on any atom is -0.292 e. The van der Waals surface area contributed by atoms with Crippen molar-refractivity contribution in [2.45, 2.75) is 32.6 Å². The van der Waals surface area contributed by atoms with Gasteiger partial charge in [0.15, 0.2) is 5.78 Å². The molecule has 0 saturated carbocycles. The Labute approximate surface area is 129 Å². The smallest absolute Gasteiger partial charge is 0.184 e. The molecular weight excluding hydrogens is 276 g/mol. The van der Waals surface area contributed by atoms with Gasteiger partial charge in [-0.3, -0.25) is 9.78 Å². The Kier molecular flexibility index (Phi) is 6.23. The summed E-state index contributed by atoms with van der Waals surface area (Å²) >= 11 is 0. The number of ketones is 1. The van der Waals surface area contributed by atoms with Crippen molar-refractivity contribution >= 4 is 16.7 Å². The summed E-state index contributed by atoms with van der Waals surface area (Å²) in [5.41, 5.74) is 1.51. The number of benzene rings is 1. The number of aromatic nitrogens is 4. The quantitative estimate of drug-likeness (QED) is 0.574. The molecule has 0 aliphatic carbocycles. The molecular formula is C17H20N4O. The van der Waals surface area contributed by atoms with E-state index in [1.54, 1.807) is 0 Å². The van der Waals surface area contributed by atoms with Gasteiger partial charge in [-0.25, -0.2) is 0 Å². The van der Waals surface area contributed by atoms with Gasteiger partial charge >= 0.3 is 0 Å². The van der Waals surface area contributed by atoms with Crippen LogP contribution in [0.25, 0.3) is 10.9 Å². The first kappa shape index (κ1) is 15.8. The normalized spacial score (nSPS) is 10.0. The third-order valence-corrected chi connectivity index (χ3v) is 3.22. The van der Waals surface area contributed by atoms with Gasteiger partial charge in [0.2, 0.25) is 0 Å². The summed E-state index contributed by atoms with van der Waals surface area (Å²) in [6, 6.07) is 12.1. The highest BCUT2D eigenvalue weighted by Crippen LogP contribution is 2.08. The van der Waals surface area contributed by atoms with Gasteiger partial charge in [0, 0.05) is 18.0 Å². The van der Waals surface area contributed by atoms with E-state index in [2.05, 4.69) is 39.5 Å². The second-order valence-electron chi connectivity index (χ2n) is 4.93. The topological polar surface area (TPSA) is 71.5 Å². The van der Waals surface area contributed by atoms with Crippen LogP contribution >= 0.6 is 0 Å². The summed E-state index contributed by atoms with van der Waals surface area (Å²) in [6.45, 7) is 2.11. The van der Waals surface area contributed by atoms with Gasteiger partial charge in [-0.2, -0.15) is 15.4 Å². The summed E-state index contributed by atoms with van der Waals surface area (Å²) < 4.78 is 0. The molecule has 0 spiro atoms. The fraction of sp³-hybridized carbons (Fsp3) is 0.294. The molecule has 0 saturated heterocycles. The predicted octanol–water partition coefficient (Wildman–Crippen LogP) is 3.80. The van der Waals surface area contributed by atoms with Crippen LogP contribution in [-0.2, 0) is 0 Å². The number of Topliss-reactive ketones (excluding diaryl/α,β-unsaturated/α-hetero) is 1. The van der Waals surface area contributed by atoms with Crippen LogP contribution in [0.3, 0.4) is 0 Å². The third-order valence-electron chi connectivity index (χ3n) is 3.22. The number of nitrogens with one attached hydrogen (secondary N) is 1. The third kappa shape index (κ3) is 4.77. The number of pyridine rings is 1. The highest BCUT2D eigenvalue weighted by atomic mass is 16.1. The lowest BCUT2D eigenvalue weighted by Gasteiger charge is -1.94. The monoisotopic (exact) mass is 296 g/mol. The number of carbonyl (C=O) groups excluding carboxylic acids is 1. The van der Waals surface area contributed by atoms with E-state index >= 15 is 0 Å². The predicted molar refractivity (Wildman–Crippen MR) is 86.6 cm³/mol. The van der Waals surface area contributed by atoms with E-state index in [1.807, 2.05) is 30.5 Å². The number of carbonyl (C=O) groups is 1. The zero-order chi connectivity index (χ0) is 15.6. The van der Waals surface area contributed by atoms with Crippen LogP contribution < -0.4 is 0 Å². The van der Waals surface area contributed by atoms with Crippen LogP contribution in [0.2, 0.25) is 0 Å². The van der Waals surface area contributed by atoms with Crippen LogP contribution in [0.1, 0.15) is 43.1 Å². The number of nitrogens with zero attached hydrogens (tertiary/aromatic N) is 3. The molecule has 0 unspecified atom stereocenters. The molecule has 0 atom stereocenters. The molecule has 0 fully saturated rings. The number of fused-ring (bicyclic) bond motifs is 1. The molecule has 3 aromatic rings. The van der Waals surface area contributed by atoms with Gasteiger partial charge in [-0.15, -0.1) is 0 Å². The first-order valence-electron chi connectivity index (χ1n) is 7.50. The van der Waals surface area contributed by atoms with E-state index in [9.17, 15) is 4.79 Å². The summed E-state index contributed by atoms with van der Waals surface area (Å²) in [6.07, 6.45) is 7.04. The van der Waals surface area contributed by atoms with Crippen molar-refractivity contribution in [3.63, 3.8) is 0 Å². The largest absolute Gasteiger partial charge is 0.292 e. The molecule has 2 heterocycles. The Balaban J connectivity index is 0.000000162. The first-order valence-corrected chi connectivity index (χ1v) is 7.50. The molecule has 114 valence electrons. The molecule has 1 N–H and O–H groups in total. The summed E-state index contributed by atoms with van der Waals surface area (Å²) in [7, 11) is 0. The van der Waals surface area contributed by atoms with E-state index in [-0.39, 0.29) is 5.78 Å². The lowest BCUT2D eigenvalue weighted by atomic mass is 10.1. The molecule has 22 heavy (non-hydrogen) atoms. The molecule has 1 aromatic carbocycles. The minimum absolute atomic E-state index is 0.0807. The van der Waals surface area contributed by atoms with E-state index in [0.717, 1.165) is 24.8 Å². The van der Waals surface area contributed by atoms with Gasteiger partial charge in [-0.1, -0.05) is 44.0 Å². The van der Waals surface area contributed by atoms with E-state index in [1.165, 1.54) is 11.6 Å². The van der Waals surface area contributed by atoms with Gasteiger partial charge in [0.25, 0.3) is 0 Å². The Hall–Kier alpha value is -2.56. The number of hydrogen-bond donors (Lipinski definition) is 1. The average Bonchev–Trinajstić information content (AvgIpc) is 3.10. The number of hydrogen-bond acceptors (Lipinski definition) is 4. The zero-order valence-electron chi connectivity index (χ0n) is 12.7. The number of rotatable bonds is 5. The summed E-state index contributed by atoms with van der Waals surface area (Å²) in [5, 5.41) is 10.9. The van der Waals surface area contributed by atoms with Crippen LogP contribution in [0.4, 0.5) is 0 Å². The maximum absolute atomic E-state index is 11.3. The number of para-hydroxylation sites is 1. The molecule has 5 heteroatoms. The van der Waals surface area contributed by atoms with Crippen molar-refractivity contribution in [1.82, 2.24) is 20.4 Å². The van der Waals surface area contributed by atoms with Crippen molar-refractivity contribution in [3.05, 3.63) is 54.5 Å². The second kappa shape index (κ2) is 8.67. The van der Waals surface area contributed by atoms with Crippen molar-refractivity contribution in [2.75, 3.05) is 0 Å². The lowest BCUT2D eigenvalue weighted by Crippen LogP contribution is -1.99. The Bertz CT molecular complexity index is 629. The van der Waals surface area contributed by atoms with Gasteiger partial charge in [0.05, 0.1) is 11.7 Å². The highest BCUT2D eigenvalue weighted by Gasteiger charge is 2.06. The minimum atomic E-state index is 0.0807. The molecule has 3 rings (SSSR count). The summed E-state index contributed by atoms with van der Waals surface area (Å²) in [5.74, 6) is 0.0807. The first-order chi connectivity index (χ1) is 10.8. The van der Waals surface area contributed by atoms with Crippen molar-refractivity contribution in [3.8, 4) is 0 Å². The van der Waals surface area contributed by atoms with Crippen LogP contribution in [-0.4, -0.2) is 26.2 Å². The second-order valence-corrected chi connectivity index (χ2v) is 4.93. The zero-order valence-corrected chi connectivity index (χ0v) is 12.7. The van der Waals surface area contributed by atoms with E-state index in [4.69, 9.17) is 0 Å². The number of unbranched alkanes of at least 4 members (excludes halogenated alkanes) is 2. The van der Waals surface area contributed by atoms with Gasteiger partial charge in [0.1, 0.15) is 5.69 Å². The number of H-pyrrole nitrogens is 1. The molecule has 2 aromatic heterocycles. The molecule has 0 bridgehead atoms. The van der Waals surface area contributed by atoms with Crippen molar-refractivity contribution < 1.29 is 4.79 Å². The Morgan fingerprint density at radius 1 is 1.14 bits per heavy atom. The number of aromatic amines is 1. The van der Waals surface area contributed by atoms with Crippen LogP contribution in [0.5, 0.6) is 0 Å². The van der Waals surface area contributed by atoms with E-state index < -0.39 is 0 Å². The lowest BCUT2D eigenvalue weighted by molar-refractivity contribution is 0.0974. The molecule has 0 amide bonds. The Morgan fingerprint density at radius 2 is 1.95 bits per heavy atom. The Morgan fingerprint density at radius 3 is 2.68 bits per heavy atom. The average molecular weight is 296 g/mol. The van der Waals surface area contributed by atoms with E-state index in [0.29, 0.717) is 12.1 Å². The van der Waals surface area contributed by atoms with Crippen molar-refractivity contribution in [2.24, 2.45) is 0 Å². The fourth-order valence-electron chi connectivity index (χ4n) is 2.02.